The molecule has 3 rings (SSSR count). The van der Waals surface area contributed by atoms with E-state index in [-0.39, 0.29) is 0 Å². The zero-order valence-electron chi connectivity index (χ0n) is 10.3. The smallest absolute Gasteiger partial charge is 0.136 e. The van der Waals surface area contributed by atoms with Crippen LogP contribution in [-0.2, 0) is 6.42 Å². The Morgan fingerprint density at radius 1 is 1.26 bits per heavy atom. The van der Waals surface area contributed by atoms with Gasteiger partial charge in [-0.2, -0.15) is 5.26 Å². The van der Waals surface area contributed by atoms with Gasteiger partial charge in [-0.1, -0.05) is 29.8 Å². The van der Waals surface area contributed by atoms with Crippen molar-refractivity contribution in [3.63, 3.8) is 0 Å². The number of hydrogen-bond donors (Lipinski definition) is 0. The predicted molar refractivity (Wildman–Crippen MR) is 75.7 cm³/mol. The number of para-hydroxylation sites is 1. The van der Waals surface area contributed by atoms with E-state index < -0.39 is 0 Å². The minimum absolute atomic E-state index is 0.358. The number of hydrogen-bond acceptors (Lipinski definition) is 3. The van der Waals surface area contributed by atoms with Crippen molar-refractivity contribution in [3.8, 4) is 6.07 Å². The highest BCUT2D eigenvalue weighted by Gasteiger charge is 2.19. The summed E-state index contributed by atoms with van der Waals surface area (Å²) in [6.45, 7) is 0.898. The van der Waals surface area contributed by atoms with Gasteiger partial charge in [0.1, 0.15) is 11.0 Å². The molecule has 0 fully saturated rings. The summed E-state index contributed by atoms with van der Waals surface area (Å²) >= 11 is 5.99. The highest BCUT2D eigenvalue weighted by atomic mass is 35.5. The van der Waals surface area contributed by atoms with E-state index in [0.717, 1.165) is 30.9 Å². The first-order chi connectivity index (χ1) is 9.28. The van der Waals surface area contributed by atoms with Crippen LogP contribution in [0.2, 0.25) is 5.15 Å². The molecule has 2 heterocycles. The number of halogens is 1. The number of nitrogens with zero attached hydrogens (tertiary/aromatic N) is 3. The van der Waals surface area contributed by atoms with Crippen LogP contribution in [-0.4, -0.2) is 11.5 Å². The molecular formula is C15H12ClN3. The van der Waals surface area contributed by atoms with Crippen molar-refractivity contribution in [1.82, 2.24) is 4.98 Å². The number of pyridine rings is 1. The lowest BCUT2D eigenvalue weighted by Gasteiger charge is -2.30. The number of nitriles is 1. The minimum Gasteiger partial charge on any atom is -0.326 e. The van der Waals surface area contributed by atoms with Crippen LogP contribution in [0.4, 0.5) is 11.5 Å². The summed E-state index contributed by atoms with van der Waals surface area (Å²) in [5.74, 6) is 0.746. The number of anilines is 2. The molecule has 0 unspecified atom stereocenters. The fourth-order valence-electron chi connectivity index (χ4n) is 2.46. The van der Waals surface area contributed by atoms with Gasteiger partial charge in [-0.3, -0.25) is 0 Å². The zero-order valence-corrected chi connectivity index (χ0v) is 11.1. The SMILES string of the molecule is N#Cc1cc(Cl)nc(N2CCCc3ccccc32)c1. The van der Waals surface area contributed by atoms with Crippen LogP contribution in [0.3, 0.4) is 0 Å². The van der Waals surface area contributed by atoms with Gasteiger partial charge in [0.2, 0.25) is 0 Å². The Kier molecular flexibility index (Phi) is 3.10. The normalized spacial score (nSPS) is 13.8. The molecule has 0 saturated heterocycles. The lowest BCUT2D eigenvalue weighted by Crippen LogP contribution is -2.25. The van der Waals surface area contributed by atoms with E-state index in [4.69, 9.17) is 16.9 Å². The summed E-state index contributed by atoms with van der Waals surface area (Å²) in [7, 11) is 0. The van der Waals surface area contributed by atoms with Crippen LogP contribution < -0.4 is 4.90 Å². The summed E-state index contributed by atoms with van der Waals surface area (Å²) in [4.78, 5) is 6.48. The van der Waals surface area contributed by atoms with Crippen molar-refractivity contribution in [1.29, 1.82) is 5.26 Å². The average Bonchev–Trinajstić information content (AvgIpc) is 2.46. The van der Waals surface area contributed by atoms with Gasteiger partial charge in [0, 0.05) is 12.2 Å². The largest absolute Gasteiger partial charge is 0.326 e. The summed E-state index contributed by atoms with van der Waals surface area (Å²) in [6.07, 6.45) is 2.16. The average molecular weight is 270 g/mol. The molecule has 1 aromatic carbocycles. The molecule has 0 spiro atoms. The first-order valence-electron chi connectivity index (χ1n) is 6.21. The van der Waals surface area contributed by atoms with Crippen molar-refractivity contribution < 1.29 is 0 Å². The Balaban J connectivity index is 2.09. The standard InChI is InChI=1S/C15H12ClN3/c16-14-8-11(10-17)9-15(18-14)19-7-3-5-12-4-1-2-6-13(12)19/h1-2,4,6,8-9H,3,5,7H2. The maximum atomic E-state index is 9.03. The van der Waals surface area contributed by atoms with Gasteiger partial charge in [0.05, 0.1) is 11.6 Å². The van der Waals surface area contributed by atoms with Gasteiger partial charge in [-0.15, -0.1) is 0 Å². The van der Waals surface area contributed by atoms with Crippen molar-refractivity contribution in [3.05, 3.63) is 52.7 Å². The zero-order chi connectivity index (χ0) is 13.2. The number of benzene rings is 1. The van der Waals surface area contributed by atoms with Gasteiger partial charge in [-0.25, -0.2) is 4.98 Å². The molecule has 1 aromatic heterocycles. The quantitative estimate of drug-likeness (QED) is 0.741. The maximum Gasteiger partial charge on any atom is 0.136 e. The van der Waals surface area contributed by atoms with E-state index in [1.54, 1.807) is 12.1 Å². The van der Waals surface area contributed by atoms with E-state index in [2.05, 4.69) is 34.2 Å². The first kappa shape index (κ1) is 12.0. The highest BCUT2D eigenvalue weighted by Crippen LogP contribution is 2.33. The van der Waals surface area contributed by atoms with Gasteiger partial charge in [0.15, 0.2) is 0 Å². The second-order valence-corrected chi connectivity index (χ2v) is 4.92. The summed E-state index contributed by atoms with van der Waals surface area (Å²) in [5, 5.41) is 9.38. The molecule has 3 nitrogen and oxygen atoms in total. The number of fused-ring (bicyclic) bond motifs is 1. The molecule has 2 aromatic rings. The van der Waals surface area contributed by atoms with Crippen LogP contribution in [0.15, 0.2) is 36.4 Å². The molecule has 0 bridgehead atoms. The Morgan fingerprint density at radius 2 is 2.11 bits per heavy atom. The molecule has 4 heteroatoms. The Bertz CT molecular complexity index is 661. The second kappa shape index (κ2) is 4.91. The molecule has 0 atom stereocenters. The number of rotatable bonds is 1. The molecule has 94 valence electrons. The third kappa shape index (κ3) is 2.27. The van der Waals surface area contributed by atoms with Gasteiger partial charge in [-0.05, 0) is 36.6 Å². The fraction of sp³-hybridized carbons (Fsp3) is 0.200. The maximum absolute atomic E-state index is 9.03. The Labute approximate surface area is 117 Å². The first-order valence-corrected chi connectivity index (χ1v) is 6.59. The molecule has 0 radical (unpaired) electrons. The molecule has 0 amide bonds. The molecule has 0 N–H and O–H groups in total. The van der Waals surface area contributed by atoms with Crippen molar-refractivity contribution in [2.75, 3.05) is 11.4 Å². The van der Waals surface area contributed by atoms with Gasteiger partial charge < -0.3 is 4.90 Å². The van der Waals surface area contributed by atoms with E-state index in [1.165, 1.54) is 5.56 Å². The highest BCUT2D eigenvalue weighted by molar-refractivity contribution is 6.29. The third-order valence-electron chi connectivity index (χ3n) is 3.30. The second-order valence-electron chi connectivity index (χ2n) is 4.53. The lowest BCUT2D eigenvalue weighted by atomic mass is 10.0. The molecule has 1 aliphatic rings. The van der Waals surface area contributed by atoms with Crippen LogP contribution in [0, 0.1) is 11.3 Å². The summed E-state index contributed by atoms with van der Waals surface area (Å²) in [5.41, 5.74) is 3.01. The molecule has 19 heavy (non-hydrogen) atoms. The van der Waals surface area contributed by atoms with Crippen LogP contribution in [0.1, 0.15) is 17.5 Å². The number of aromatic nitrogens is 1. The van der Waals surface area contributed by atoms with Crippen LogP contribution in [0.25, 0.3) is 0 Å². The fourth-order valence-corrected chi connectivity index (χ4v) is 2.66. The van der Waals surface area contributed by atoms with Gasteiger partial charge >= 0.3 is 0 Å². The third-order valence-corrected chi connectivity index (χ3v) is 3.49. The van der Waals surface area contributed by atoms with Crippen molar-refractivity contribution in [2.45, 2.75) is 12.8 Å². The Hall–Kier alpha value is -2.05. The van der Waals surface area contributed by atoms with E-state index >= 15 is 0 Å². The lowest BCUT2D eigenvalue weighted by molar-refractivity contribution is 0.759. The predicted octanol–water partition coefficient (Wildman–Crippen LogP) is 3.69. The van der Waals surface area contributed by atoms with Gasteiger partial charge in [0.25, 0.3) is 0 Å². The monoisotopic (exact) mass is 269 g/mol. The van der Waals surface area contributed by atoms with Crippen molar-refractivity contribution >= 4 is 23.1 Å². The summed E-state index contributed by atoms with van der Waals surface area (Å²) in [6, 6.07) is 13.8. The summed E-state index contributed by atoms with van der Waals surface area (Å²) < 4.78 is 0. The van der Waals surface area contributed by atoms with Crippen LogP contribution in [0.5, 0.6) is 0 Å². The Morgan fingerprint density at radius 3 is 2.95 bits per heavy atom. The number of aryl methyl sites for hydroxylation is 1. The van der Waals surface area contributed by atoms with E-state index in [0.29, 0.717) is 10.7 Å². The minimum atomic E-state index is 0.358. The molecular weight excluding hydrogens is 258 g/mol. The van der Waals surface area contributed by atoms with E-state index in [1.807, 2.05) is 6.07 Å². The molecule has 0 saturated carbocycles. The van der Waals surface area contributed by atoms with Crippen LogP contribution >= 0.6 is 11.6 Å². The van der Waals surface area contributed by atoms with E-state index in [9.17, 15) is 0 Å². The van der Waals surface area contributed by atoms with Crippen molar-refractivity contribution in [2.24, 2.45) is 0 Å². The topological polar surface area (TPSA) is 39.9 Å². The molecule has 1 aliphatic heterocycles. The molecule has 0 aliphatic carbocycles.